The third kappa shape index (κ3) is 1.79. The van der Waals surface area contributed by atoms with Crippen molar-refractivity contribution in [3.8, 4) is 0 Å². The smallest absolute Gasteiger partial charge is 0.0355 e. The van der Waals surface area contributed by atoms with Crippen LogP contribution in [0.4, 0.5) is 0 Å². The molecule has 15 heavy (non-hydrogen) atoms. The van der Waals surface area contributed by atoms with Crippen LogP contribution in [-0.2, 0) is 0 Å². The monoisotopic (exact) mass is 212 g/mol. The zero-order chi connectivity index (χ0) is 10.7. The predicted molar refractivity (Wildman–Crippen MR) is 71.1 cm³/mol. The van der Waals surface area contributed by atoms with Gasteiger partial charge in [-0.15, -0.1) is 11.3 Å². The van der Waals surface area contributed by atoms with Gasteiger partial charge in [-0.2, -0.15) is 0 Å². The number of hydrogen-bond donors (Lipinski definition) is 0. The van der Waals surface area contributed by atoms with Crippen LogP contribution in [-0.4, -0.2) is 0 Å². The number of fused-ring (bicyclic) bond motifs is 1. The molecular weight excluding hydrogens is 200 g/mol. The van der Waals surface area contributed by atoms with Gasteiger partial charge in [0.15, 0.2) is 0 Å². The summed E-state index contributed by atoms with van der Waals surface area (Å²) in [7, 11) is 0. The standard InChI is InChI=1S/C14H12S/c1-3-5-8-11-12-9-6-7-10-14(12)15-13(11)4-2/h3-10H,1-2H2/b8-5-. The maximum Gasteiger partial charge on any atom is 0.0355 e. The first-order chi connectivity index (χ1) is 7.36. The molecule has 2 rings (SSSR count). The van der Waals surface area contributed by atoms with Crippen LogP contribution >= 0.6 is 11.3 Å². The highest BCUT2D eigenvalue weighted by atomic mass is 32.1. The Morgan fingerprint density at radius 3 is 2.67 bits per heavy atom. The van der Waals surface area contributed by atoms with E-state index >= 15 is 0 Å². The highest BCUT2D eigenvalue weighted by molar-refractivity contribution is 7.20. The summed E-state index contributed by atoms with van der Waals surface area (Å²) in [6.07, 6.45) is 7.75. The van der Waals surface area contributed by atoms with E-state index in [1.165, 1.54) is 20.5 Å². The Labute approximate surface area is 93.9 Å². The molecule has 0 bridgehead atoms. The molecule has 0 unspecified atom stereocenters. The summed E-state index contributed by atoms with van der Waals surface area (Å²) >= 11 is 1.77. The number of allylic oxidation sites excluding steroid dienone is 2. The molecule has 0 aliphatic rings. The first kappa shape index (κ1) is 9.94. The van der Waals surface area contributed by atoms with E-state index in [9.17, 15) is 0 Å². The Morgan fingerprint density at radius 2 is 1.93 bits per heavy atom. The molecule has 0 radical (unpaired) electrons. The van der Waals surface area contributed by atoms with Crippen LogP contribution in [0.1, 0.15) is 10.4 Å². The molecule has 0 nitrogen and oxygen atoms in total. The summed E-state index contributed by atoms with van der Waals surface area (Å²) in [5, 5.41) is 1.29. The number of thiophene rings is 1. The van der Waals surface area contributed by atoms with Crippen molar-refractivity contribution >= 4 is 33.6 Å². The molecule has 74 valence electrons. The van der Waals surface area contributed by atoms with Gasteiger partial charge in [0.2, 0.25) is 0 Å². The first-order valence-corrected chi connectivity index (χ1v) is 5.61. The van der Waals surface area contributed by atoms with E-state index in [2.05, 4.69) is 43.5 Å². The van der Waals surface area contributed by atoms with E-state index in [1.54, 1.807) is 17.4 Å². The molecule has 0 aliphatic heterocycles. The van der Waals surface area contributed by atoms with E-state index in [4.69, 9.17) is 0 Å². The number of hydrogen-bond acceptors (Lipinski definition) is 1. The Balaban J connectivity index is 2.71. The quantitative estimate of drug-likeness (QED) is 0.644. The number of benzene rings is 1. The maximum atomic E-state index is 3.85. The van der Waals surface area contributed by atoms with Crippen molar-refractivity contribution < 1.29 is 0 Å². The molecule has 2 aromatic rings. The Kier molecular flexibility index (Phi) is 2.84. The second-order valence-corrected chi connectivity index (χ2v) is 4.26. The largest absolute Gasteiger partial charge is 0.135 e. The molecule has 0 fully saturated rings. The Hall–Kier alpha value is -1.60. The summed E-state index contributed by atoms with van der Waals surface area (Å²) in [6, 6.07) is 8.40. The average molecular weight is 212 g/mol. The van der Waals surface area contributed by atoms with Gasteiger partial charge in [0.1, 0.15) is 0 Å². The normalized spacial score (nSPS) is 10.9. The molecule has 0 atom stereocenters. The van der Waals surface area contributed by atoms with Crippen LogP contribution in [0.2, 0.25) is 0 Å². The topological polar surface area (TPSA) is 0 Å². The summed E-state index contributed by atoms with van der Waals surface area (Å²) in [5.41, 5.74) is 1.24. The van der Waals surface area contributed by atoms with Gasteiger partial charge in [-0.25, -0.2) is 0 Å². The fraction of sp³-hybridized carbons (Fsp3) is 0. The molecule has 1 heteroatoms. The zero-order valence-corrected chi connectivity index (χ0v) is 9.26. The van der Waals surface area contributed by atoms with Crippen molar-refractivity contribution in [2.45, 2.75) is 0 Å². The van der Waals surface area contributed by atoms with Crippen LogP contribution in [0, 0.1) is 0 Å². The van der Waals surface area contributed by atoms with Gasteiger partial charge in [0.05, 0.1) is 0 Å². The summed E-state index contributed by atoms with van der Waals surface area (Å²) in [4.78, 5) is 1.22. The molecule has 0 saturated heterocycles. The lowest BCUT2D eigenvalue weighted by molar-refractivity contribution is 1.81. The lowest BCUT2D eigenvalue weighted by Gasteiger charge is -1.92. The lowest BCUT2D eigenvalue weighted by atomic mass is 10.1. The molecule has 1 aromatic carbocycles. The maximum absolute atomic E-state index is 3.85. The molecule has 1 aromatic heterocycles. The van der Waals surface area contributed by atoms with E-state index in [0.717, 1.165) is 0 Å². The minimum absolute atomic E-state index is 1.22. The molecule has 0 N–H and O–H groups in total. The SMILES string of the molecule is C=C/C=C\c1c(C=C)sc2ccccc12. The fourth-order valence-electron chi connectivity index (χ4n) is 1.57. The molecule has 0 amide bonds. The lowest BCUT2D eigenvalue weighted by Crippen LogP contribution is -1.71. The van der Waals surface area contributed by atoms with Gasteiger partial charge in [0, 0.05) is 20.5 Å². The van der Waals surface area contributed by atoms with Crippen LogP contribution in [0.3, 0.4) is 0 Å². The van der Waals surface area contributed by atoms with Crippen molar-refractivity contribution in [3.05, 3.63) is 60.0 Å². The van der Waals surface area contributed by atoms with Gasteiger partial charge in [0.25, 0.3) is 0 Å². The van der Waals surface area contributed by atoms with Crippen LogP contribution in [0.5, 0.6) is 0 Å². The summed E-state index contributed by atoms with van der Waals surface area (Å²) in [5.74, 6) is 0. The van der Waals surface area contributed by atoms with Crippen LogP contribution < -0.4 is 0 Å². The minimum atomic E-state index is 1.22. The molecule has 0 aliphatic carbocycles. The highest BCUT2D eigenvalue weighted by Crippen LogP contribution is 2.32. The van der Waals surface area contributed by atoms with Gasteiger partial charge in [-0.3, -0.25) is 0 Å². The zero-order valence-electron chi connectivity index (χ0n) is 8.44. The second kappa shape index (κ2) is 4.28. The van der Waals surface area contributed by atoms with Crippen molar-refractivity contribution in [2.24, 2.45) is 0 Å². The minimum Gasteiger partial charge on any atom is -0.135 e. The van der Waals surface area contributed by atoms with Gasteiger partial charge >= 0.3 is 0 Å². The molecule has 0 saturated carbocycles. The van der Waals surface area contributed by atoms with Gasteiger partial charge in [-0.05, 0) is 6.07 Å². The van der Waals surface area contributed by atoms with Crippen molar-refractivity contribution in [3.63, 3.8) is 0 Å². The van der Waals surface area contributed by atoms with Crippen molar-refractivity contribution in [2.75, 3.05) is 0 Å². The first-order valence-electron chi connectivity index (χ1n) is 4.80. The van der Waals surface area contributed by atoms with Crippen LogP contribution in [0.25, 0.3) is 22.2 Å². The summed E-state index contributed by atoms with van der Waals surface area (Å²) < 4.78 is 1.30. The van der Waals surface area contributed by atoms with Gasteiger partial charge < -0.3 is 0 Å². The summed E-state index contributed by atoms with van der Waals surface area (Å²) in [6.45, 7) is 7.53. The van der Waals surface area contributed by atoms with E-state index in [0.29, 0.717) is 0 Å². The van der Waals surface area contributed by atoms with Gasteiger partial charge in [-0.1, -0.05) is 55.7 Å². The fourth-order valence-corrected chi connectivity index (χ4v) is 2.61. The molecule has 1 heterocycles. The molecular formula is C14H12S. The third-order valence-corrected chi connectivity index (χ3v) is 3.43. The van der Waals surface area contributed by atoms with E-state index < -0.39 is 0 Å². The van der Waals surface area contributed by atoms with Crippen molar-refractivity contribution in [1.29, 1.82) is 0 Å². The number of rotatable bonds is 3. The molecule has 0 spiro atoms. The van der Waals surface area contributed by atoms with Crippen molar-refractivity contribution in [1.82, 2.24) is 0 Å². The Morgan fingerprint density at radius 1 is 1.13 bits per heavy atom. The predicted octanol–water partition coefficient (Wildman–Crippen LogP) is 4.74. The Bertz CT molecular complexity index is 529. The average Bonchev–Trinajstić information content (AvgIpc) is 2.64. The van der Waals surface area contributed by atoms with E-state index in [1.807, 2.05) is 12.2 Å². The third-order valence-electron chi connectivity index (χ3n) is 2.25. The second-order valence-electron chi connectivity index (χ2n) is 3.18. The van der Waals surface area contributed by atoms with Crippen LogP contribution in [0.15, 0.2) is 49.6 Å². The highest BCUT2D eigenvalue weighted by Gasteiger charge is 2.05. The van der Waals surface area contributed by atoms with E-state index in [-0.39, 0.29) is 0 Å².